The van der Waals surface area contributed by atoms with Crippen LogP contribution in [0.15, 0.2) is 36.9 Å². The number of hydrogen-bond acceptors (Lipinski definition) is 2. The van der Waals surface area contributed by atoms with Gasteiger partial charge < -0.3 is 9.47 Å². The normalized spacial score (nSPS) is 23.8. The van der Waals surface area contributed by atoms with Crippen molar-refractivity contribution < 1.29 is 9.47 Å². The lowest BCUT2D eigenvalue weighted by Crippen LogP contribution is -2.27. The van der Waals surface area contributed by atoms with Crippen molar-refractivity contribution in [1.82, 2.24) is 0 Å². The Bertz CT molecular complexity index is 367. The minimum atomic E-state index is -0.238. The Morgan fingerprint density at radius 1 is 1.22 bits per heavy atom. The minimum Gasteiger partial charge on any atom is -0.348 e. The number of unbranched alkanes of at least 4 members (excludes halogenated alkanes) is 1. The Balaban J connectivity index is 1.79. The monoisotopic (exact) mass is 266 g/mol. The number of benzene rings is 1. The minimum absolute atomic E-state index is 0.238. The van der Waals surface area contributed by atoms with Gasteiger partial charge >= 0.3 is 0 Å². The van der Waals surface area contributed by atoms with E-state index in [0.29, 0.717) is 5.92 Å². The molecule has 1 aromatic rings. The van der Waals surface area contributed by atoms with Crippen LogP contribution >= 0.6 is 11.6 Å². The van der Waals surface area contributed by atoms with Crippen LogP contribution in [0.3, 0.4) is 0 Å². The Kier molecular flexibility index (Phi) is 5.24. The summed E-state index contributed by atoms with van der Waals surface area (Å²) in [6, 6.07) is 7.62. The Hall–Kier alpha value is -0.830. The fourth-order valence-electron chi connectivity index (χ4n) is 2.07. The van der Waals surface area contributed by atoms with Crippen LogP contribution in [0.4, 0.5) is 0 Å². The molecule has 0 atom stereocenters. The molecule has 3 heteroatoms. The van der Waals surface area contributed by atoms with Gasteiger partial charge in [0.1, 0.15) is 0 Å². The lowest BCUT2D eigenvalue weighted by atomic mass is 10.0. The fraction of sp³-hybridized carbons (Fsp3) is 0.467. The third-order valence-electron chi connectivity index (χ3n) is 3.13. The topological polar surface area (TPSA) is 18.5 Å². The van der Waals surface area contributed by atoms with Gasteiger partial charge in [0.15, 0.2) is 6.29 Å². The van der Waals surface area contributed by atoms with Gasteiger partial charge in [-0.15, -0.1) is 6.58 Å². The van der Waals surface area contributed by atoms with E-state index in [1.165, 1.54) is 0 Å². The highest BCUT2D eigenvalue weighted by Gasteiger charge is 2.22. The molecular formula is C15H19ClO2. The molecule has 1 aromatic carbocycles. The molecule has 1 heterocycles. The molecule has 0 saturated carbocycles. The van der Waals surface area contributed by atoms with Crippen molar-refractivity contribution in [2.75, 3.05) is 13.2 Å². The molecule has 98 valence electrons. The second-order valence-corrected chi connectivity index (χ2v) is 5.07. The van der Waals surface area contributed by atoms with Crippen LogP contribution in [-0.4, -0.2) is 13.2 Å². The summed E-state index contributed by atoms with van der Waals surface area (Å²) < 4.78 is 11.5. The molecule has 1 aliphatic rings. The zero-order chi connectivity index (χ0) is 12.8. The smallest absolute Gasteiger partial charge is 0.183 e. The first-order valence-electron chi connectivity index (χ1n) is 6.39. The van der Waals surface area contributed by atoms with E-state index in [4.69, 9.17) is 21.1 Å². The molecule has 1 aliphatic heterocycles. The molecule has 0 aromatic heterocycles. The van der Waals surface area contributed by atoms with Gasteiger partial charge in [0.25, 0.3) is 0 Å². The number of halogens is 1. The van der Waals surface area contributed by atoms with Gasteiger partial charge in [0, 0.05) is 16.5 Å². The second-order valence-electron chi connectivity index (χ2n) is 4.64. The van der Waals surface area contributed by atoms with E-state index >= 15 is 0 Å². The third kappa shape index (κ3) is 3.84. The Morgan fingerprint density at radius 2 is 1.89 bits per heavy atom. The summed E-state index contributed by atoms with van der Waals surface area (Å²) in [7, 11) is 0. The highest BCUT2D eigenvalue weighted by Crippen LogP contribution is 2.27. The standard InChI is InChI=1S/C15H19ClO2/c1-2-3-4-5-12-10-17-15(18-11-12)13-6-8-14(16)9-7-13/h2,6-9,12,15H,1,3-5,10-11H2/t12-,15-. The average molecular weight is 267 g/mol. The van der Waals surface area contributed by atoms with Crippen LogP contribution in [0, 0.1) is 5.92 Å². The molecule has 2 nitrogen and oxygen atoms in total. The van der Waals surface area contributed by atoms with Crippen molar-refractivity contribution in [3.63, 3.8) is 0 Å². The fourth-order valence-corrected chi connectivity index (χ4v) is 2.20. The van der Waals surface area contributed by atoms with Gasteiger partial charge in [-0.25, -0.2) is 0 Å². The van der Waals surface area contributed by atoms with Gasteiger partial charge in [-0.1, -0.05) is 29.8 Å². The molecule has 0 spiro atoms. The molecule has 2 rings (SSSR count). The summed E-state index contributed by atoms with van der Waals surface area (Å²) in [5.74, 6) is 0.508. The van der Waals surface area contributed by atoms with Crippen LogP contribution in [0.2, 0.25) is 5.02 Å². The molecule has 0 aliphatic carbocycles. The number of ether oxygens (including phenoxy) is 2. The van der Waals surface area contributed by atoms with E-state index in [1.807, 2.05) is 30.3 Å². The molecular weight excluding hydrogens is 248 g/mol. The quantitative estimate of drug-likeness (QED) is 0.582. The number of allylic oxidation sites excluding steroid dienone is 1. The lowest BCUT2D eigenvalue weighted by molar-refractivity contribution is -0.206. The van der Waals surface area contributed by atoms with E-state index in [0.717, 1.165) is 43.1 Å². The first-order chi connectivity index (χ1) is 8.79. The predicted octanol–water partition coefficient (Wildman–Crippen LogP) is 4.36. The highest BCUT2D eigenvalue weighted by molar-refractivity contribution is 6.30. The number of rotatable bonds is 5. The van der Waals surface area contributed by atoms with Crippen molar-refractivity contribution >= 4 is 11.6 Å². The van der Waals surface area contributed by atoms with Crippen molar-refractivity contribution in [2.24, 2.45) is 5.92 Å². The summed E-state index contributed by atoms with van der Waals surface area (Å²) in [4.78, 5) is 0. The third-order valence-corrected chi connectivity index (χ3v) is 3.38. The molecule has 0 bridgehead atoms. The first kappa shape index (κ1) is 13.6. The van der Waals surface area contributed by atoms with Gasteiger partial charge in [0.2, 0.25) is 0 Å². The van der Waals surface area contributed by atoms with Gasteiger partial charge in [0.05, 0.1) is 13.2 Å². The molecule has 0 amide bonds. The van der Waals surface area contributed by atoms with Crippen LogP contribution < -0.4 is 0 Å². The Morgan fingerprint density at radius 3 is 2.50 bits per heavy atom. The summed E-state index contributed by atoms with van der Waals surface area (Å²) >= 11 is 5.86. The average Bonchev–Trinajstić information content (AvgIpc) is 2.41. The van der Waals surface area contributed by atoms with Crippen molar-refractivity contribution in [2.45, 2.75) is 25.6 Å². The molecule has 0 N–H and O–H groups in total. The zero-order valence-corrected chi connectivity index (χ0v) is 11.2. The van der Waals surface area contributed by atoms with Crippen molar-refractivity contribution in [3.05, 3.63) is 47.5 Å². The van der Waals surface area contributed by atoms with Crippen LogP contribution in [0.25, 0.3) is 0 Å². The lowest BCUT2D eigenvalue weighted by Gasteiger charge is -2.29. The van der Waals surface area contributed by atoms with Crippen LogP contribution in [-0.2, 0) is 9.47 Å². The Labute approximate surface area is 114 Å². The molecule has 1 saturated heterocycles. The van der Waals surface area contributed by atoms with Crippen LogP contribution in [0.5, 0.6) is 0 Å². The van der Waals surface area contributed by atoms with Gasteiger partial charge in [-0.2, -0.15) is 0 Å². The zero-order valence-electron chi connectivity index (χ0n) is 10.5. The van der Waals surface area contributed by atoms with Crippen LogP contribution in [0.1, 0.15) is 31.1 Å². The number of hydrogen-bond donors (Lipinski definition) is 0. The molecule has 1 fully saturated rings. The SMILES string of the molecule is C=CCCC[C@H]1CO[C@H](c2ccc(Cl)cc2)OC1. The van der Waals surface area contributed by atoms with Crippen molar-refractivity contribution in [1.29, 1.82) is 0 Å². The summed E-state index contributed by atoms with van der Waals surface area (Å²) in [5.41, 5.74) is 1.03. The molecule has 18 heavy (non-hydrogen) atoms. The maximum Gasteiger partial charge on any atom is 0.183 e. The highest BCUT2D eigenvalue weighted by atomic mass is 35.5. The maximum atomic E-state index is 5.86. The van der Waals surface area contributed by atoms with Crippen molar-refractivity contribution in [3.8, 4) is 0 Å². The van der Waals surface area contributed by atoms with E-state index in [-0.39, 0.29) is 6.29 Å². The first-order valence-corrected chi connectivity index (χ1v) is 6.77. The summed E-state index contributed by atoms with van der Waals surface area (Å²) in [6.45, 7) is 5.27. The predicted molar refractivity (Wildman–Crippen MR) is 73.6 cm³/mol. The van der Waals surface area contributed by atoms with Gasteiger partial charge in [-0.3, -0.25) is 0 Å². The van der Waals surface area contributed by atoms with Gasteiger partial charge in [-0.05, 0) is 31.4 Å². The van der Waals surface area contributed by atoms with E-state index in [9.17, 15) is 0 Å². The van der Waals surface area contributed by atoms with E-state index < -0.39 is 0 Å². The summed E-state index contributed by atoms with van der Waals surface area (Å²) in [5, 5.41) is 0.733. The van der Waals surface area contributed by atoms with E-state index in [2.05, 4.69) is 6.58 Å². The van der Waals surface area contributed by atoms with E-state index in [1.54, 1.807) is 0 Å². The molecule has 0 radical (unpaired) electrons. The second kappa shape index (κ2) is 6.93. The maximum absolute atomic E-state index is 5.86. The summed E-state index contributed by atoms with van der Waals surface area (Å²) in [6.07, 6.45) is 5.09. The largest absolute Gasteiger partial charge is 0.348 e. The molecule has 0 unspecified atom stereocenters.